The molecule has 10 heteroatoms. The van der Waals surface area contributed by atoms with Crippen molar-refractivity contribution in [2.75, 3.05) is 20.8 Å². The lowest BCUT2D eigenvalue weighted by atomic mass is 9.95. The zero-order valence-electron chi connectivity index (χ0n) is 21.0. The second-order valence-corrected chi connectivity index (χ2v) is 9.59. The van der Waals surface area contributed by atoms with Crippen molar-refractivity contribution in [1.29, 1.82) is 0 Å². The van der Waals surface area contributed by atoms with E-state index in [1.165, 1.54) is 14.2 Å². The molecule has 0 amide bonds. The summed E-state index contributed by atoms with van der Waals surface area (Å²) in [7, 11) is 2.94. The van der Waals surface area contributed by atoms with Gasteiger partial charge in [0.2, 0.25) is 5.75 Å². The van der Waals surface area contributed by atoms with Crippen molar-refractivity contribution in [3.05, 3.63) is 35.4 Å². The summed E-state index contributed by atoms with van der Waals surface area (Å²) in [6.07, 6.45) is -3.32. The first kappa shape index (κ1) is 27.4. The molecule has 0 saturated carbocycles. The Morgan fingerprint density at radius 2 is 1.62 bits per heavy atom. The Morgan fingerprint density at radius 3 is 2.32 bits per heavy atom. The third kappa shape index (κ3) is 5.64. The average molecular weight is 521 g/mol. The molecule has 0 unspecified atom stereocenters. The number of methoxy groups -OCH3 is 2. The van der Waals surface area contributed by atoms with Crippen LogP contribution in [0.15, 0.2) is 24.3 Å². The molecule has 6 atom stereocenters. The van der Waals surface area contributed by atoms with E-state index >= 15 is 0 Å². The van der Waals surface area contributed by atoms with Gasteiger partial charge in [0.05, 0.1) is 26.9 Å². The van der Waals surface area contributed by atoms with Crippen molar-refractivity contribution in [3.8, 4) is 34.1 Å². The molecular weight excluding hydrogens is 484 g/mol. The van der Waals surface area contributed by atoms with E-state index in [1.54, 1.807) is 6.07 Å². The van der Waals surface area contributed by atoms with E-state index in [4.69, 9.17) is 18.9 Å². The van der Waals surface area contributed by atoms with Gasteiger partial charge in [-0.15, -0.1) is 0 Å². The largest absolute Gasteiger partial charge is 0.507 e. The van der Waals surface area contributed by atoms with Crippen LogP contribution in [0.5, 0.6) is 23.0 Å². The number of aromatic hydroxyl groups is 2. The molecule has 1 saturated heterocycles. The van der Waals surface area contributed by atoms with E-state index in [0.29, 0.717) is 54.5 Å². The topological polar surface area (TPSA) is 158 Å². The normalized spacial score (nSPS) is 28.5. The molecule has 0 spiro atoms. The van der Waals surface area contributed by atoms with Crippen LogP contribution in [0.4, 0.5) is 0 Å². The molecule has 6 N–H and O–H groups in total. The third-order valence-corrected chi connectivity index (χ3v) is 7.20. The Kier molecular flexibility index (Phi) is 8.79. The van der Waals surface area contributed by atoms with Crippen LogP contribution in [-0.2, 0) is 22.3 Å². The highest BCUT2D eigenvalue weighted by atomic mass is 16.7. The van der Waals surface area contributed by atoms with Gasteiger partial charge in [-0.3, -0.25) is 0 Å². The molecule has 1 fully saturated rings. The summed E-state index contributed by atoms with van der Waals surface area (Å²) in [4.78, 5) is 0. The molecular formula is C27H36O10. The van der Waals surface area contributed by atoms with E-state index < -0.39 is 37.3 Å². The lowest BCUT2D eigenvalue weighted by molar-refractivity contribution is -0.312. The monoisotopic (exact) mass is 520 g/mol. The number of ether oxygens (including phenoxy) is 4. The van der Waals surface area contributed by atoms with Crippen molar-refractivity contribution < 1.29 is 49.6 Å². The van der Waals surface area contributed by atoms with Gasteiger partial charge >= 0.3 is 0 Å². The van der Waals surface area contributed by atoms with Crippen LogP contribution in [0.25, 0.3) is 11.1 Å². The predicted octanol–water partition coefficient (Wildman–Crippen LogP) is 1.63. The Bertz CT molecular complexity index is 1070. The number of aryl methyl sites for hydroxylation is 2. The minimum absolute atomic E-state index is 0.0114. The molecule has 4 rings (SSSR count). The number of aliphatic hydroxyl groups excluding tert-OH is 4. The molecule has 0 aromatic heterocycles. The lowest BCUT2D eigenvalue weighted by Crippen LogP contribution is -2.59. The fourth-order valence-electron chi connectivity index (χ4n) is 5.09. The fourth-order valence-corrected chi connectivity index (χ4v) is 5.09. The Hall–Kier alpha value is -2.60. The summed E-state index contributed by atoms with van der Waals surface area (Å²) in [6, 6.07) is 7.09. The van der Waals surface area contributed by atoms with Crippen molar-refractivity contribution >= 4 is 0 Å². The van der Waals surface area contributed by atoms with Crippen LogP contribution in [0.3, 0.4) is 0 Å². The van der Waals surface area contributed by atoms with Crippen molar-refractivity contribution in [1.82, 2.24) is 0 Å². The average Bonchev–Trinajstić information content (AvgIpc) is 2.91. The molecule has 0 radical (unpaired) electrons. The van der Waals surface area contributed by atoms with Crippen LogP contribution in [-0.4, -0.2) is 88.3 Å². The van der Waals surface area contributed by atoms with E-state index in [-0.39, 0.29) is 23.4 Å². The smallest absolute Gasteiger partial charge is 0.203 e. The number of hydrogen-bond acceptors (Lipinski definition) is 10. The molecule has 2 aromatic rings. The molecule has 2 aliphatic rings. The van der Waals surface area contributed by atoms with Gasteiger partial charge in [-0.2, -0.15) is 0 Å². The van der Waals surface area contributed by atoms with Crippen molar-refractivity contribution in [2.45, 2.75) is 75.3 Å². The van der Waals surface area contributed by atoms with Crippen LogP contribution < -0.4 is 9.47 Å². The molecule has 2 aromatic carbocycles. The zero-order chi connectivity index (χ0) is 26.7. The highest BCUT2D eigenvalue weighted by Gasteiger charge is 2.44. The zero-order valence-corrected chi connectivity index (χ0v) is 21.0. The van der Waals surface area contributed by atoms with Crippen molar-refractivity contribution in [3.63, 3.8) is 0 Å². The van der Waals surface area contributed by atoms with Gasteiger partial charge in [0.25, 0.3) is 0 Å². The maximum atomic E-state index is 10.9. The molecule has 10 nitrogen and oxygen atoms in total. The molecule has 204 valence electrons. The molecule has 4 bridgehead atoms. The maximum absolute atomic E-state index is 10.9. The predicted molar refractivity (Wildman–Crippen MR) is 133 cm³/mol. The maximum Gasteiger partial charge on any atom is 0.203 e. The third-order valence-electron chi connectivity index (χ3n) is 7.20. The van der Waals surface area contributed by atoms with E-state index in [9.17, 15) is 30.6 Å². The first-order chi connectivity index (χ1) is 17.8. The number of aliphatic hydroxyl groups is 4. The van der Waals surface area contributed by atoms with Crippen LogP contribution in [0.2, 0.25) is 0 Å². The first-order valence-electron chi connectivity index (χ1n) is 12.5. The van der Waals surface area contributed by atoms with Gasteiger partial charge < -0.3 is 49.6 Å². The van der Waals surface area contributed by atoms with E-state index in [0.717, 1.165) is 12.0 Å². The first-order valence-corrected chi connectivity index (χ1v) is 12.5. The van der Waals surface area contributed by atoms with Crippen LogP contribution in [0, 0.1) is 0 Å². The standard InChI is InChI=1S/C27H36O10/c1-34-25-18-12-15(21(30)26(25)35-2)5-3-4-6-16(9-7-14-8-10-19(29)17(18)11-14)36-27-24(33)23(32)22(31)20(13-28)37-27/h8,10-12,16,20,22-24,27-33H,3-7,9,13H2,1-2H3/t16-,20-,22-,23+,24-,27-/m1/s1. The minimum atomic E-state index is -1.51. The second-order valence-electron chi connectivity index (χ2n) is 9.59. The van der Waals surface area contributed by atoms with Gasteiger partial charge in [-0.25, -0.2) is 0 Å². The summed E-state index contributed by atoms with van der Waals surface area (Å²) in [5.41, 5.74) is 2.73. The fraction of sp³-hybridized carbons (Fsp3) is 0.556. The van der Waals surface area contributed by atoms with Gasteiger partial charge in [-0.1, -0.05) is 12.5 Å². The molecule has 1 aliphatic carbocycles. The number of benzene rings is 2. The summed E-state index contributed by atoms with van der Waals surface area (Å²) in [5.74, 6) is 0.584. The molecule has 1 heterocycles. The molecule has 1 aliphatic heterocycles. The second kappa shape index (κ2) is 11.8. The summed E-state index contributed by atoms with van der Waals surface area (Å²) >= 11 is 0. The number of rotatable bonds is 5. The number of phenolic OH excluding ortho intramolecular Hbond substituents is 2. The number of phenols is 2. The highest BCUT2D eigenvalue weighted by molar-refractivity contribution is 5.81. The SMILES string of the molecule is COc1c2cc(c(O)c1OC)CCCC[C@@H](O[C@@H]1O[C@H](CO)[C@@H](O)[C@H](O)[C@H]1O)CCc1ccc(O)c-2c1. The Labute approximate surface area is 215 Å². The Morgan fingerprint density at radius 1 is 0.865 bits per heavy atom. The minimum Gasteiger partial charge on any atom is -0.507 e. The van der Waals surface area contributed by atoms with Gasteiger partial charge in [0.1, 0.15) is 30.2 Å². The number of fused-ring (bicyclic) bond motifs is 5. The van der Waals surface area contributed by atoms with Gasteiger partial charge in [0, 0.05) is 11.1 Å². The molecule has 37 heavy (non-hydrogen) atoms. The highest BCUT2D eigenvalue weighted by Crippen LogP contribution is 2.48. The van der Waals surface area contributed by atoms with E-state index in [1.807, 2.05) is 18.2 Å². The lowest BCUT2D eigenvalue weighted by Gasteiger charge is -2.41. The van der Waals surface area contributed by atoms with E-state index in [2.05, 4.69) is 0 Å². The van der Waals surface area contributed by atoms with Crippen molar-refractivity contribution in [2.24, 2.45) is 0 Å². The van der Waals surface area contributed by atoms with Gasteiger partial charge in [0.15, 0.2) is 17.8 Å². The summed E-state index contributed by atoms with van der Waals surface area (Å²) < 4.78 is 22.7. The number of hydrogen-bond donors (Lipinski definition) is 6. The quantitative estimate of drug-likeness (QED) is 0.342. The van der Waals surface area contributed by atoms with Crippen LogP contribution in [0.1, 0.15) is 36.8 Å². The summed E-state index contributed by atoms with van der Waals surface area (Å²) in [5, 5.41) is 61.7. The Balaban J connectivity index is 1.64. The summed E-state index contributed by atoms with van der Waals surface area (Å²) in [6.45, 7) is -0.527. The van der Waals surface area contributed by atoms with Gasteiger partial charge in [-0.05, 0) is 61.4 Å². The van der Waals surface area contributed by atoms with Crippen LogP contribution >= 0.6 is 0 Å².